The van der Waals surface area contributed by atoms with Gasteiger partial charge in [-0.2, -0.15) is 0 Å². The van der Waals surface area contributed by atoms with Crippen LogP contribution in [-0.4, -0.2) is 12.4 Å². The number of benzene rings is 1. The van der Waals surface area contributed by atoms with Gasteiger partial charge in [0.25, 0.3) is 6.47 Å². The van der Waals surface area contributed by atoms with Crippen LogP contribution in [-0.2, 0) is 20.7 Å². The Kier molecular flexibility index (Phi) is 13.4. The van der Waals surface area contributed by atoms with Crippen molar-refractivity contribution in [1.29, 1.82) is 0 Å². The highest BCUT2D eigenvalue weighted by molar-refractivity contribution is 5.72. The SMILES string of the molecule is C=CCC.C=CCC(=O)O/C(=C/C)CCCc1ccc(OC=O)cc1. The Hall–Kier alpha value is -2.62. The Morgan fingerprint density at radius 2 is 1.80 bits per heavy atom. The van der Waals surface area contributed by atoms with Crippen LogP contribution in [0.25, 0.3) is 0 Å². The summed E-state index contributed by atoms with van der Waals surface area (Å²) in [4.78, 5) is 21.6. The standard InChI is InChI=1S/C17H20O4.C4H8/c1-3-6-17(19)21-15(4-2)8-5-7-14-9-11-16(12-10-14)20-13-18;1-3-4-2/h3-4,9-13H,1,5-8H2,2H3;3H,1,4H2,2H3/b15-4+;. The van der Waals surface area contributed by atoms with Gasteiger partial charge >= 0.3 is 5.97 Å². The van der Waals surface area contributed by atoms with E-state index in [1.807, 2.05) is 31.2 Å². The third-order valence-corrected chi connectivity index (χ3v) is 3.16. The molecule has 1 aromatic carbocycles. The molecule has 136 valence electrons. The van der Waals surface area contributed by atoms with Crippen LogP contribution in [0.15, 0.2) is 61.4 Å². The second-order valence-electron chi connectivity index (χ2n) is 5.13. The second-order valence-corrected chi connectivity index (χ2v) is 5.13. The summed E-state index contributed by atoms with van der Waals surface area (Å²) in [5, 5.41) is 0. The average Bonchev–Trinajstić information content (AvgIpc) is 2.63. The Balaban J connectivity index is 0.00000129. The van der Waals surface area contributed by atoms with Crippen molar-refractivity contribution in [3.05, 3.63) is 67.0 Å². The van der Waals surface area contributed by atoms with Gasteiger partial charge in [0.15, 0.2) is 0 Å². The van der Waals surface area contributed by atoms with Gasteiger partial charge in [-0.3, -0.25) is 9.59 Å². The maximum Gasteiger partial charge on any atom is 0.314 e. The fourth-order valence-electron chi connectivity index (χ4n) is 1.82. The summed E-state index contributed by atoms with van der Waals surface area (Å²) in [6.07, 6.45) is 8.94. The van der Waals surface area contributed by atoms with E-state index in [0.717, 1.165) is 24.8 Å². The molecular formula is C21H28O4. The molecule has 0 bridgehead atoms. The molecule has 0 atom stereocenters. The summed E-state index contributed by atoms with van der Waals surface area (Å²) >= 11 is 0. The van der Waals surface area contributed by atoms with Crippen molar-refractivity contribution >= 4 is 12.4 Å². The van der Waals surface area contributed by atoms with Gasteiger partial charge in [-0.1, -0.05) is 31.2 Å². The van der Waals surface area contributed by atoms with Gasteiger partial charge in [0.1, 0.15) is 11.5 Å². The number of esters is 1. The highest BCUT2D eigenvalue weighted by Crippen LogP contribution is 2.15. The van der Waals surface area contributed by atoms with Crippen molar-refractivity contribution in [3.63, 3.8) is 0 Å². The molecule has 4 heteroatoms. The molecule has 0 fully saturated rings. The fraction of sp³-hybridized carbons (Fsp3) is 0.333. The largest absolute Gasteiger partial charge is 0.431 e. The van der Waals surface area contributed by atoms with E-state index >= 15 is 0 Å². The lowest BCUT2D eigenvalue weighted by Crippen LogP contribution is -2.03. The van der Waals surface area contributed by atoms with E-state index in [1.165, 1.54) is 6.08 Å². The molecule has 0 aliphatic carbocycles. The van der Waals surface area contributed by atoms with E-state index in [1.54, 1.807) is 12.1 Å². The molecular weight excluding hydrogens is 316 g/mol. The Morgan fingerprint density at radius 1 is 1.16 bits per heavy atom. The third-order valence-electron chi connectivity index (χ3n) is 3.16. The third kappa shape index (κ3) is 11.5. The van der Waals surface area contributed by atoms with Crippen LogP contribution in [0.3, 0.4) is 0 Å². The minimum Gasteiger partial charge on any atom is -0.431 e. The van der Waals surface area contributed by atoms with Crippen molar-refractivity contribution in [2.45, 2.75) is 46.0 Å². The molecule has 0 saturated carbocycles. The first-order valence-corrected chi connectivity index (χ1v) is 8.38. The zero-order valence-electron chi connectivity index (χ0n) is 15.2. The lowest BCUT2D eigenvalue weighted by Gasteiger charge is -2.08. The molecule has 4 nitrogen and oxygen atoms in total. The summed E-state index contributed by atoms with van der Waals surface area (Å²) in [6, 6.07) is 7.34. The molecule has 0 saturated heterocycles. The molecule has 0 N–H and O–H groups in total. The number of ether oxygens (including phenoxy) is 2. The number of carbonyl (C=O) groups excluding carboxylic acids is 2. The predicted molar refractivity (Wildman–Crippen MR) is 101 cm³/mol. The van der Waals surface area contributed by atoms with Gasteiger partial charge < -0.3 is 9.47 Å². The first-order chi connectivity index (χ1) is 12.1. The van der Waals surface area contributed by atoms with Crippen molar-refractivity contribution < 1.29 is 19.1 Å². The number of allylic oxidation sites excluding steroid dienone is 3. The molecule has 0 heterocycles. The lowest BCUT2D eigenvalue weighted by molar-refractivity contribution is -0.138. The zero-order chi connectivity index (χ0) is 18.9. The van der Waals surface area contributed by atoms with E-state index in [-0.39, 0.29) is 12.4 Å². The molecule has 25 heavy (non-hydrogen) atoms. The van der Waals surface area contributed by atoms with Crippen molar-refractivity contribution in [2.24, 2.45) is 0 Å². The molecule has 0 spiro atoms. The number of hydrogen-bond acceptors (Lipinski definition) is 4. The van der Waals surface area contributed by atoms with Crippen molar-refractivity contribution in [1.82, 2.24) is 0 Å². The van der Waals surface area contributed by atoms with Gasteiger partial charge in [0.2, 0.25) is 0 Å². The zero-order valence-corrected chi connectivity index (χ0v) is 15.2. The molecule has 1 rings (SSSR count). The first kappa shape index (κ1) is 22.4. The summed E-state index contributed by atoms with van der Waals surface area (Å²) < 4.78 is 9.95. The Labute approximate surface area is 150 Å². The van der Waals surface area contributed by atoms with E-state index < -0.39 is 0 Å². The predicted octanol–water partition coefficient (Wildman–Crippen LogP) is 5.15. The van der Waals surface area contributed by atoms with Crippen LogP contribution in [0.4, 0.5) is 0 Å². The quantitative estimate of drug-likeness (QED) is 0.255. The average molecular weight is 344 g/mol. The van der Waals surface area contributed by atoms with E-state index in [0.29, 0.717) is 24.4 Å². The van der Waals surface area contributed by atoms with Crippen molar-refractivity contribution in [3.8, 4) is 5.75 Å². The Morgan fingerprint density at radius 3 is 2.28 bits per heavy atom. The molecule has 0 amide bonds. The maximum absolute atomic E-state index is 11.4. The highest BCUT2D eigenvalue weighted by atomic mass is 16.5. The molecule has 1 aromatic rings. The van der Waals surface area contributed by atoms with Crippen LogP contribution in [0, 0.1) is 0 Å². The smallest absolute Gasteiger partial charge is 0.314 e. The topological polar surface area (TPSA) is 52.6 Å². The molecule has 0 aliphatic rings. The number of hydrogen-bond donors (Lipinski definition) is 0. The highest BCUT2D eigenvalue weighted by Gasteiger charge is 2.05. The fourth-order valence-corrected chi connectivity index (χ4v) is 1.82. The lowest BCUT2D eigenvalue weighted by atomic mass is 10.1. The summed E-state index contributed by atoms with van der Waals surface area (Å²) in [7, 11) is 0. The number of rotatable bonds is 10. The maximum atomic E-state index is 11.4. The van der Waals surface area contributed by atoms with Gasteiger partial charge in [0, 0.05) is 6.42 Å². The monoisotopic (exact) mass is 344 g/mol. The van der Waals surface area contributed by atoms with Gasteiger partial charge in [-0.05, 0) is 50.0 Å². The van der Waals surface area contributed by atoms with Crippen LogP contribution in [0.1, 0.15) is 45.1 Å². The van der Waals surface area contributed by atoms with Gasteiger partial charge in [-0.25, -0.2) is 0 Å². The van der Waals surface area contributed by atoms with Crippen LogP contribution in [0.2, 0.25) is 0 Å². The minimum atomic E-state index is -0.284. The molecule has 0 aromatic heterocycles. The normalized spacial score (nSPS) is 10.1. The molecule has 0 unspecified atom stereocenters. The Bertz CT molecular complexity index is 556. The number of aryl methyl sites for hydroxylation is 1. The minimum absolute atomic E-state index is 0.218. The van der Waals surface area contributed by atoms with Crippen LogP contribution in [0.5, 0.6) is 5.75 Å². The van der Waals surface area contributed by atoms with E-state index in [4.69, 9.17) is 9.47 Å². The van der Waals surface area contributed by atoms with E-state index in [2.05, 4.69) is 20.1 Å². The van der Waals surface area contributed by atoms with Gasteiger partial charge in [0.05, 0.1) is 6.42 Å². The molecule has 0 radical (unpaired) electrons. The van der Waals surface area contributed by atoms with Gasteiger partial charge in [-0.15, -0.1) is 13.2 Å². The summed E-state index contributed by atoms with van der Waals surface area (Å²) in [5.74, 6) is 0.928. The van der Waals surface area contributed by atoms with Crippen LogP contribution >= 0.6 is 0 Å². The number of carbonyl (C=O) groups is 2. The summed E-state index contributed by atoms with van der Waals surface area (Å²) in [6.45, 7) is 11.3. The second kappa shape index (κ2) is 14.9. The molecule has 0 aliphatic heterocycles. The summed E-state index contributed by atoms with van der Waals surface area (Å²) in [5.41, 5.74) is 1.14. The van der Waals surface area contributed by atoms with Crippen molar-refractivity contribution in [2.75, 3.05) is 0 Å². The first-order valence-electron chi connectivity index (χ1n) is 8.38. The van der Waals surface area contributed by atoms with E-state index in [9.17, 15) is 9.59 Å². The van der Waals surface area contributed by atoms with Crippen LogP contribution < -0.4 is 4.74 Å².